The minimum absolute atomic E-state index is 0.463. The molecule has 0 aliphatic heterocycles. The maximum absolute atomic E-state index is 5.74. The van der Waals surface area contributed by atoms with Crippen molar-refractivity contribution in [2.24, 2.45) is 17.8 Å². The van der Waals surface area contributed by atoms with Crippen LogP contribution in [0.2, 0.25) is 0 Å². The third-order valence-corrected chi connectivity index (χ3v) is 2.53. The molecule has 0 unspecified atom stereocenters. The van der Waals surface area contributed by atoms with Gasteiger partial charge in [0.25, 0.3) is 0 Å². The van der Waals surface area contributed by atoms with Gasteiger partial charge in [0.15, 0.2) is 5.96 Å². The average molecular weight is 238 g/mol. The molecule has 1 rings (SSSR count). The molecular weight excluding hydrogens is 216 g/mol. The standard InChI is InChI=1S/C11H22N6/c1-3-4-5-6-7-13-11(12)14-8-10-15-9-16-17(10)2/h9H,3-8H2,1-2H3,(H3,12,13,14). The van der Waals surface area contributed by atoms with E-state index in [0.717, 1.165) is 18.8 Å². The molecule has 0 spiro atoms. The van der Waals surface area contributed by atoms with Crippen molar-refractivity contribution in [3.63, 3.8) is 0 Å². The molecule has 0 aromatic carbocycles. The summed E-state index contributed by atoms with van der Waals surface area (Å²) in [7, 11) is 1.84. The molecule has 96 valence electrons. The number of unbranched alkanes of at least 4 members (excludes halogenated alkanes) is 3. The minimum Gasteiger partial charge on any atom is -0.370 e. The molecule has 0 fully saturated rings. The van der Waals surface area contributed by atoms with Crippen LogP contribution in [-0.2, 0) is 13.6 Å². The number of rotatable bonds is 7. The van der Waals surface area contributed by atoms with Crippen LogP contribution in [0.4, 0.5) is 0 Å². The number of hydrogen-bond acceptors (Lipinski definition) is 3. The van der Waals surface area contributed by atoms with Gasteiger partial charge in [0.2, 0.25) is 0 Å². The largest absolute Gasteiger partial charge is 0.370 e. The van der Waals surface area contributed by atoms with Crippen molar-refractivity contribution in [2.75, 3.05) is 6.54 Å². The lowest BCUT2D eigenvalue weighted by molar-refractivity contribution is 0.651. The quantitative estimate of drug-likeness (QED) is 0.418. The van der Waals surface area contributed by atoms with E-state index in [4.69, 9.17) is 5.73 Å². The first-order chi connectivity index (χ1) is 8.24. The number of hydrogen-bond donors (Lipinski definition) is 2. The zero-order chi connectivity index (χ0) is 12.5. The summed E-state index contributed by atoms with van der Waals surface area (Å²) < 4.78 is 1.69. The maximum atomic E-state index is 5.74. The molecule has 0 atom stereocenters. The van der Waals surface area contributed by atoms with E-state index in [0.29, 0.717) is 12.5 Å². The van der Waals surface area contributed by atoms with E-state index in [1.54, 1.807) is 4.68 Å². The van der Waals surface area contributed by atoms with Crippen molar-refractivity contribution >= 4 is 5.96 Å². The van der Waals surface area contributed by atoms with Crippen molar-refractivity contribution in [1.29, 1.82) is 0 Å². The van der Waals surface area contributed by atoms with Crippen LogP contribution in [0, 0.1) is 0 Å². The van der Waals surface area contributed by atoms with E-state index in [-0.39, 0.29) is 0 Å². The van der Waals surface area contributed by atoms with Crippen LogP contribution >= 0.6 is 0 Å². The molecular formula is C11H22N6. The second-order valence-corrected chi connectivity index (χ2v) is 3.99. The fraction of sp³-hybridized carbons (Fsp3) is 0.727. The first-order valence-corrected chi connectivity index (χ1v) is 6.10. The van der Waals surface area contributed by atoms with Gasteiger partial charge in [0.1, 0.15) is 18.7 Å². The summed E-state index contributed by atoms with van der Waals surface area (Å²) >= 11 is 0. The predicted octanol–water partition coefficient (Wildman–Crippen LogP) is 0.800. The highest BCUT2D eigenvalue weighted by atomic mass is 15.3. The van der Waals surface area contributed by atoms with E-state index < -0.39 is 0 Å². The molecule has 0 bridgehead atoms. The van der Waals surface area contributed by atoms with Gasteiger partial charge >= 0.3 is 0 Å². The normalized spacial score (nSPS) is 11.8. The SMILES string of the molecule is CCCCCCNC(N)=NCc1ncnn1C. The minimum atomic E-state index is 0.463. The Hall–Kier alpha value is -1.59. The third-order valence-electron chi connectivity index (χ3n) is 2.53. The monoisotopic (exact) mass is 238 g/mol. The van der Waals surface area contributed by atoms with Gasteiger partial charge in [-0.15, -0.1) is 0 Å². The fourth-order valence-electron chi connectivity index (χ4n) is 1.44. The molecule has 17 heavy (non-hydrogen) atoms. The van der Waals surface area contributed by atoms with Crippen LogP contribution < -0.4 is 11.1 Å². The number of nitrogens with zero attached hydrogens (tertiary/aromatic N) is 4. The third kappa shape index (κ3) is 5.33. The molecule has 1 aromatic rings. The summed E-state index contributed by atoms with van der Waals surface area (Å²) in [5.74, 6) is 1.28. The molecule has 1 heterocycles. The van der Waals surface area contributed by atoms with Gasteiger partial charge in [0, 0.05) is 13.6 Å². The van der Waals surface area contributed by atoms with Gasteiger partial charge in [-0.25, -0.2) is 9.98 Å². The molecule has 6 nitrogen and oxygen atoms in total. The first-order valence-electron chi connectivity index (χ1n) is 6.10. The van der Waals surface area contributed by atoms with E-state index in [1.807, 2.05) is 7.05 Å². The summed E-state index contributed by atoms with van der Waals surface area (Å²) in [5.41, 5.74) is 5.74. The zero-order valence-corrected chi connectivity index (χ0v) is 10.7. The van der Waals surface area contributed by atoms with Crippen LogP contribution in [0.25, 0.3) is 0 Å². The average Bonchev–Trinajstić information content (AvgIpc) is 2.72. The Morgan fingerprint density at radius 3 is 2.94 bits per heavy atom. The lowest BCUT2D eigenvalue weighted by atomic mass is 10.2. The van der Waals surface area contributed by atoms with E-state index in [9.17, 15) is 0 Å². The maximum Gasteiger partial charge on any atom is 0.189 e. The fourth-order valence-corrected chi connectivity index (χ4v) is 1.44. The molecule has 0 radical (unpaired) electrons. The Morgan fingerprint density at radius 1 is 1.47 bits per heavy atom. The van der Waals surface area contributed by atoms with Crippen molar-refractivity contribution < 1.29 is 0 Å². The van der Waals surface area contributed by atoms with E-state index in [2.05, 4.69) is 27.3 Å². The Morgan fingerprint density at radius 2 is 2.29 bits per heavy atom. The number of nitrogens with two attached hydrogens (primary N) is 1. The molecule has 3 N–H and O–H groups in total. The van der Waals surface area contributed by atoms with Gasteiger partial charge in [-0.2, -0.15) is 5.10 Å². The Kier molecular flexibility index (Phi) is 6.06. The van der Waals surface area contributed by atoms with Gasteiger partial charge in [0.05, 0.1) is 0 Å². The highest BCUT2D eigenvalue weighted by Crippen LogP contribution is 1.97. The van der Waals surface area contributed by atoms with Crippen molar-refractivity contribution in [3.8, 4) is 0 Å². The van der Waals surface area contributed by atoms with Gasteiger partial charge in [-0.05, 0) is 6.42 Å². The number of nitrogens with one attached hydrogen (secondary N) is 1. The van der Waals surface area contributed by atoms with Crippen molar-refractivity contribution in [2.45, 2.75) is 39.2 Å². The van der Waals surface area contributed by atoms with Crippen molar-refractivity contribution in [3.05, 3.63) is 12.2 Å². The van der Waals surface area contributed by atoms with Crippen LogP contribution in [0.3, 0.4) is 0 Å². The number of guanidine groups is 1. The van der Waals surface area contributed by atoms with E-state index in [1.165, 1.54) is 25.6 Å². The second kappa shape index (κ2) is 7.65. The molecule has 0 saturated carbocycles. The highest BCUT2D eigenvalue weighted by molar-refractivity contribution is 5.77. The van der Waals surface area contributed by atoms with E-state index >= 15 is 0 Å². The van der Waals surface area contributed by atoms with Gasteiger partial charge in [-0.1, -0.05) is 26.2 Å². The molecule has 0 aliphatic carbocycles. The van der Waals surface area contributed by atoms with Crippen LogP contribution in [0.5, 0.6) is 0 Å². The topological polar surface area (TPSA) is 81.1 Å². The molecule has 0 aliphatic rings. The molecule has 0 saturated heterocycles. The van der Waals surface area contributed by atoms with Crippen LogP contribution in [-0.4, -0.2) is 27.3 Å². The molecule has 0 amide bonds. The molecule has 6 heteroatoms. The number of aliphatic imine (C=N–C) groups is 1. The Bertz CT molecular complexity index is 343. The highest BCUT2D eigenvalue weighted by Gasteiger charge is 1.98. The summed E-state index contributed by atoms with van der Waals surface area (Å²) in [6, 6.07) is 0. The summed E-state index contributed by atoms with van der Waals surface area (Å²) in [5, 5.41) is 7.06. The van der Waals surface area contributed by atoms with Crippen molar-refractivity contribution in [1.82, 2.24) is 20.1 Å². The number of aryl methyl sites for hydroxylation is 1. The Balaban J connectivity index is 2.19. The Labute approximate surface area is 102 Å². The van der Waals surface area contributed by atoms with Gasteiger partial charge in [-0.3, -0.25) is 4.68 Å². The number of aromatic nitrogens is 3. The summed E-state index contributed by atoms with van der Waals surface area (Å²) in [6.07, 6.45) is 6.40. The van der Waals surface area contributed by atoms with Gasteiger partial charge < -0.3 is 11.1 Å². The summed E-state index contributed by atoms with van der Waals surface area (Å²) in [6.45, 7) is 3.54. The second-order valence-electron chi connectivity index (χ2n) is 3.99. The lowest BCUT2D eigenvalue weighted by Gasteiger charge is -2.04. The van der Waals surface area contributed by atoms with Crippen LogP contribution in [0.15, 0.2) is 11.3 Å². The van der Waals surface area contributed by atoms with Crippen LogP contribution in [0.1, 0.15) is 38.4 Å². The first kappa shape index (κ1) is 13.5. The predicted molar refractivity (Wildman–Crippen MR) is 68.5 cm³/mol. The zero-order valence-electron chi connectivity index (χ0n) is 10.7. The smallest absolute Gasteiger partial charge is 0.189 e. The summed E-state index contributed by atoms with van der Waals surface area (Å²) in [4.78, 5) is 8.28. The lowest BCUT2D eigenvalue weighted by Crippen LogP contribution is -2.32. The molecule has 1 aromatic heterocycles.